The van der Waals surface area contributed by atoms with Crippen molar-refractivity contribution in [2.45, 2.75) is 44.7 Å². The molecule has 1 atom stereocenters. The Morgan fingerprint density at radius 1 is 0.903 bits per heavy atom. The van der Waals surface area contributed by atoms with Crippen LogP contribution in [0, 0.1) is 6.92 Å². The number of anilines is 3. The molecule has 0 bridgehead atoms. The van der Waals surface area contributed by atoms with E-state index in [2.05, 4.69) is 20.1 Å². The van der Waals surface area contributed by atoms with Gasteiger partial charge >= 0.3 is 0 Å². The van der Waals surface area contributed by atoms with E-state index in [4.69, 9.17) is 0 Å². The first-order valence-electron chi connectivity index (χ1n) is 9.55. The van der Waals surface area contributed by atoms with Crippen molar-refractivity contribution in [3.8, 4) is 0 Å². The van der Waals surface area contributed by atoms with Crippen LogP contribution in [0.1, 0.15) is 26.3 Å². The molecule has 0 saturated heterocycles. The monoisotopic (exact) mass is 468 g/mol. The molecule has 1 unspecified atom stereocenters. The van der Waals surface area contributed by atoms with Crippen LogP contribution in [0.5, 0.6) is 0 Å². The summed E-state index contributed by atoms with van der Waals surface area (Å²) in [7, 11) is -7.03. The molecule has 2 aromatic rings. The van der Waals surface area contributed by atoms with Gasteiger partial charge < -0.3 is 10.6 Å². The fraction of sp³-hybridized carbons (Fsp3) is 0.350. The van der Waals surface area contributed by atoms with Gasteiger partial charge in [0.05, 0.1) is 16.8 Å². The Balaban J connectivity index is 2.05. The van der Waals surface area contributed by atoms with Crippen molar-refractivity contribution in [2.75, 3.05) is 21.6 Å². The molecule has 0 aliphatic rings. The van der Waals surface area contributed by atoms with Gasteiger partial charge in [0.1, 0.15) is 6.04 Å². The van der Waals surface area contributed by atoms with Gasteiger partial charge in [0.2, 0.25) is 26.0 Å². The Labute approximate surface area is 183 Å². The molecule has 1 amide bonds. The molecule has 0 aliphatic heterocycles. The highest BCUT2D eigenvalue weighted by Gasteiger charge is 2.17. The van der Waals surface area contributed by atoms with E-state index in [0.717, 1.165) is 11.8 Å². The summed E-state index contributed by atoms with van der Waals surface area (Å²) in [5, 5.41) is 5.74. The Kier molecular flexibility index (Phi) is 7.68. The van der Waals surface area contributed by atoms with Gasteiger partial charge in [0, 0.05) is 17.4 Å². The Morgan fingerprint density at radius 3 is 2.03 bits per heavy atom. The van der Waals surface area contributed by atoms with E-state index in [9.17, 15) is 21.6 Å². The van der Waals surface area contributed by atoms with Crippen molar-refractivity contribution in [1.29, 1.82) is 0 Å². The molecule has 170 valence electrons. The number of amides is 1. The predicted molar refractivity (Wildman–Crippen MR) is 123 cm³/mol. The quantitative estimate of drug-likeness (QED) is 0.447. The summed E-state index contributed by atoms with van der Waals surface area (Å²) in [4.78, 5) is 12.6. The highest BCUT2D eigenvalue weighted by molar-refractivity contribution is 7.92. The van der Waals surface area contributed by atoms with E-state index in [1.165, 1.54) is 24.3 Å². The molecule has 2 rings (SSSR count). The van der Waals surface area contributed by atoms with Crippen LogP contribution in [-0.4, -0.2) is 41.1 Å². The maximum Gasteiger partial charge on any atom is 0.246 e. The molecule has 0 fully saturated rings. The topological polar surface area (TPSA) is 133 Å². The van der Waals surface area contributed by atoms with Crippen LogP contribution in [0.25, 0.3) is 0 Å². The lowest BCUT2D eigenvalue weighted by Gasteiger charge is -2.17. The lowest BCUT2D eigenvalue weighted by Crippen LogP contribution is -2.32. The van der Waals surface area contributed by atoms with Gasteiger partial charge in [-0.05, 0) is 69.7 Å². The molecular formula is C20H28N4O5S2. The fourth-order valence-corrected chi connectivity index (χ4v) is 4.55. The minimum atomic E-state index is -3.61. The van der Waals surface area contributed by atoms with E-state index >= 15 is 0 Å². The second kappa shape index (κ2) is 9.67. The Hall–Kier alpha value is -2.63. The van der Waals surface area contributed by atoms with Gasteiger partial charge in [-0.1, -0.05) is 6.07 Å². The molecule has 9 nitrogen and oxygen atoms in total. The molecule has 0 aliphatic carbocycles. The van der Waals surface area contributed by atoms with Crippen molar-refractivity contribution >= 4 is 43.0 Å². The van der Waals surface area contributed by atoms with Crippen LogP contribution in [-0.2, 0) is 24.8 Å². The molecule has 0 heterocycles. The summed E-state index contributed by atoms with van der Waals surface area (Å²) in [5.41, 5.74) is 2.19. The fourth-order valence-electron chi connectivity index (χ4n) is 2.68. The highest BCUT2D eigenvalue weighted by atomic mass is 32.2. The third kappa shape index (κ3) is 7.53. The summed E-state index contributed by atoms with van der Waals surface area (Å²) in [5.74, 6) is -0.339. The van der Waals surface area contributed by atoms with Gasteiger partial charge in [-0.2, -0.15) is 0 Å². The van der Waals surface area contributed by atoms with Crippen LogP contribution < -0.4 is 20.1 Å². The largest absolute Gasteiger partial charge is 0.374 e. The van der Waals surface area contributed by atoms with Crippen LogP contribution in [0.2, 0.25) is 0 Å². The molecule has 31 heavy (non-hydrogen) atoms. The second-order valence-electron chi connectivity index (χ2n) is 7.56. The standard InChI is InChI=1S/C20H28N4O5S2/c1-13(2)23-31(28,29)18-10-8-16(9-11-18)22-20(25)15(4)21-17-7-6-14(3)19(12-17)24-30(5,26)27/h6-13,15,21,23-24H,1-5H3,(H,22,25). The van der Waals surface area contributed by atoms with Crippen molar-refractivity contribution in [3.63, 3.8) is 0 Å². The molecule has 11 heteroatoms. The summed E-state index contributed by atoms with van der Waals surface area (Å²) in [6.45, 7) is 6.89. The van der Waals surface area contributed by atoms with E-state index in [-0.39, 0.29) is 16.8 Å². The maximum absolute atomic E-state index is 12.5. The van der Waals surface area contributed by atoms with E-state index in [1.807, 2.05) is 0 Å². The first kappa shape index (κ1) is 24.6. The number of hydrogen-bond donors (Lipinski definition) is 4. The molecule has 0 aromatic heterocycles. The van der Waals surface area contributed by atoms with Crippen molar-refractivity contribution < 1.29 is 21.6 Å². The number of carbonyl (C=O) groups is 1. The zero-order valence-corrected chi connectivity index (χ0v) is 19.7. The SMILES string of the molecule is Cc1ccc(NC(C)C(=O)Nc2ccc(S(=O)(=O)NC(C)C)cc2)cc1NS(C)(=O)=O. The summed E-state index contributed by atoms with van der Waals surface area (Å²) in [6, 6.07) is 10.1. The van der Waals surface area contributed by atoms with Gasteiger partial charge in [0.25, 0.3) is 0 Å². The van der Waals surface area contributed by atoms with Gasteiger partial charge in [-0.3, -0.25) is 9.52 Å². The average molecular weight is 469 g/mol. The van der Waals surface area contributed by atoms with Crippen LogP contribution in [0.15, 0.2) is 47.4 Å². The maximum atomic E-state index is 12.5. The lowest BCUT2D eigenvalue weighted by atomic mass is 10.1. The number of hydrogen-bond acceptors (Lipinski definition) is 6. The normalized spacial score (nSPS) is 13.0. The number of benzene rings is 2. The summed E-state index contributed by atoms with van der Waals surface area (Å²) < 4.78 is 52.3. The predicted octanol–water partition coefficient (Wildman–Crippen LogP) is 2.49. The third-order valence-corrected chi connectivity index (χ3v) is 6.40. The van der Waals surface area contributed by atoms with Crippen molar-refractivity contribution in [1.82, 2.24) is 4.72 Å². The number of aryl methyl sites for hydroxylation is 1. The van der Waals surface area contributed by atoms with Gasteiger partial charge in [0.15, 0.2) is 0 Å². The number of carbonyl (C=O) groups excluding carboxylic acids is 1. The minimum absolute atomic E-state index is 0.107. The minimum Gasteiger partial charge on any atom is -0.374 e. The zero-order valence-electron chi connectivity index (χ0n) is 18.1. The molecule has 0 saturated carbocycles. The average Bonchev–Trinajstić information content (AvgIpc) is 2.62. The smallest absolute Gasteiger partial charge is 0.246 e. The van der Waals surface area contributed by atoms with E-state index in [1.54, 1.807) is 45.9 Å². The van der Waals surface area contributed by atoms with Crippen LogP contribution >= 0.6 is 0 Å². The molecule has 0 radical (unpaired) electrons. The summed E-state index contributed by atoms with van der Waals surface area (Å²) in [6.07, 6.45) is 1.07. The summed E-state index contributed by atoms with van der Waals surface area (Å²) >= 11 is 0. The first-order valence-corrected chi connectivity index (χ1v) is 12.9. The number of rotatable bonds is 9. The van der Waals surface area contributed by atoms with E-state index < -0.39 is 26.1 Å². The third-order valence-electron chi connectivity index (χ3n) is 4.13. The molecule has 4 N–H and O–H groups in total. The van der Waals surface area contributed by atoms with Gasteiger partial charge in [-0.15, -0.1) is 0 Å². The Morgan fingerprint density at radius 2 is 1.48 bits per heavy atom. The molecule has 0 spiro atoms. The van der Waals surface area contributed by atoms with Gasteiger partial charge in [-0.25, -0.2) is 21.6 Å². The first-order chi connectivity index (χ1) is 14.3. The lowest BCUT2D eigenvalue weighted by molar-refractivity contribution is -0.116. The second-order valence-corrected chi connectivity index (χ2v) is 11.0. The number of sulfonamides is 2. The van der Waals surface area contributed by atoms with E-state index in [0.29, 0.717) is 17.1 Å². The zero-order chi connectivity index (χ0) is 23.4. The highest BCUT2D eigenvalue weighted by Crippen LogP contribution is 2.22. The van der Waals surface area contributed by atoms with Crippen molar-refractivity contribution in [2.24, 2.45) is 0 Å². The van der Waals surface area contributed by atoms with Crippen LogP contribution in [0.4, 0.5) is 17.1 Å². The van der Waals surface area contributed by atoms with Crippen molar-refractivity contribution in [3.05, 3.63) is 48.0 Å². The van der Waals surface area contributed by atoms with Crippen LogP contribution in [0.3, 0.4) is 0 Å². The molecular weight excluding hydrogens is 440 g/mol. The molecule has 2 aromatic carbocycles. The number of nitrogens with one attached hydrogen (secondary N) is 4. The Bertz CT molecular complexity index is 1140.